The lowest BCUT2D eigenvalue weighted by Crippen LogP contribution is -2.39. The summed E-state index contributed by atoms with van der Waals surface area (Å²) in [5.74, 6) is -0.0788. The number of benzene rings is 1. The van der Waals surface area contributed by atoms with E-state index in [9.17, 15) is 8.78 Å². The van der Waals surface area contributed by atoms with E-state index in [1.807, 2.05) is 28.8 Å². The molecule has 0 bridgehead atoms. The highest BCUT2D eigenvalue weighted by atomic mass is 127. The first-order valence-corrected chi connectivity index (χ1v) is 7.98. The first kappa shape index (κ1) is 20.8. The largest absolute Gasteiger partial charge is 0.489 e. The van der Waals surface area contributed by atoms with Gasteiger partial charge >= 0.3 is 0 Å². The predicted molar refractivity (Wildman–Crippen MR) is 108 cm³/mol. The molecule has 0 saturated heterocycles. The Kier molecular flexibility index (Phi) is 7.70. The molecule has 2 N–H and O–H groups in total. The third-order valence-electron chi connectivity index (χ3n) is 3.57. The van der Waals surface area contributed by atoms with Crippen LogP contribution in [0.4, 0.5) is 8.78 Å². The van der Waals surface area contributed by atoms with Gasteiger partial charge in [0.15, 0.2) is 29.0 Å². The molecular formula is C17H19F2IN6O. The summed E-state index contributed by atoms with van der Waals surface area (Å²) in [6.45, 7) is 1.01. The van der Waals surface area contributed by atoms with Crippen LogP contribution in [0.25, 0.3) is 5.65 Å². The second-order valence-corrected chi connectivity index (χ2v) is 5.32. The van der Waals surface area contributed by atoms with Gasteiger partial charge in [0.25, 0.3) is 0 Å². The Morgan fingerprint density at radius 2 is 2.04 bits per heavy atom. The van der Waals surface area contributed by atoms with Gasteiger partial charge in [-0.15, -0.1) is 34.2 Å². The van der Waals surface area contributed by atoms with Gasteiger partial charge < -0.3 is 15.4 Å². The number of ether oxygens (including phenoxy) is 1. The van der Waals surface area contributed by atoms with Crippen molar-refractivity contribution in [3.05, 3.63) is 60.1 Å². The summed E-state index contributed by atoms with van der Waals surface area (Å²) in [6.07, 6.45) is 1.88. The number of fused-ring (bicyclic) bond motifs is 1. The first-order valence-electron chi connectivity index (χ1n) is 7.98. The molecule has 0 unspecified atom stereocenters. The SMILES string of the molecule is CN=C(NCCOc1ccc(F)cc1F)NCc1nnc2ccccn12.I. The number of rotatable bonds is 6. The van der Waals surface area contributed by atoms with Crippen molar-refractivity contribution in [2.45, 2.75) is 6.54 Å². The summed E-state index contributed by atoms with van der Waals surface area (Å²) in [5.41, 5.74) is 0.766. The number of hydrogen-bond acceptors (Lipinski definition) is 4. The van der Waals surface area contributed by atoms with Crippen LogP contribution in [-0.4, -0.2) is 40.8 Å². The molecule has 1 aromatic carbocycles. The Labute approximate surface area is 171 Å². The maximum absolute atomic E-state index is 13.5. The lowest BCUT2D eigenvalue weighted by molar-refractivity contribution is 0.304. The molecule has 0 atom stereocenters. The maximum Gasteiger partial charge on any atom is 0.191 e. The number of halogens is 3. The number of nitrogens with zero attached hydrogens (tertiary/aromatic N) is 4. The van der Waals surface area contributed by atoms with E-state index in [1.165, 1.54) is 6.07 Å². The van der Waals surface area contributed by atoms with Crippen molar-refractivity contribution in [2.24, 2.45) is 4.99 Å². The highest BCUT2D eigenvalue weighted by Gasteiger charge is 2.07. The second kappa shape index (κ2) is 10.00. The number of guanidine groups is 1. The highest BCUT2D eigenvalue weighted by Crippen LogP contribution is 2.17. The third kappa shape index (κ3) is 5.49. The molecule has 0 aliphatic heterocycles. The molecule has 0 radical (unpaired) electrons. The number of pyridine rings is 1. The minimum atomic E-state index is -0.730. The Bertz CT molecular complexity index is 917. The van der Waals surface area contributed by atoms with E-state index in [0.29, 0.717) is 19.0 Å². The topological polar surface area (TPSA) is 75.8 Å². The van der Waals surface area contributed by atoms with Crippen molar-refractivity contribution in [3.8, 4) is 5.75 Å². The van der Waals surface area contributed by atoms with Crippen molar-refractivity contribution in [1.82, 2.24) is 25.2 Å². The van der Waals surface area contributed by atoms with E-state index in [4.69, 9.17) is 4.74 Å². The quantitative estimate of drug-likeness (QED) is 0.241. The fraction of sp³-hybridized carbons (Fsp3) is 0.235. The molecule has 2 aromatic heterocycles. The Morgan fingerprint density at radius 3 is 2.81 bits per heavy atom. The lowest BCUT2D eigenvalue weighted by Gasteiger charge is -2.12. The summed E-state index contributed by atoms with van der Waals surface area (Å²) >= 11 is 0. The molecule has 0 aliphatic carbocycles. The van der Waals surface area contributed by atoms with Crippen LogP contribution in [0.3, 0.4) is 0 Å². The zero-order valence-corrected chi connectivity index (χ0v) is 16.9. The average molecular weight is 488 g/mol. The van der Waals surface area contributed by atoms with Gasteiger partial charge in [0.1, 0.15) is 12.4 Å². The van der Waals surface area contributed by atoms with Gasteiger partial charge in [-0.3, -0.25) is 9.39 Å². The number of aromatic nitrogens is 3. The summed E-state index contributed by atoms with van der Waals surface area (Å²) in [5, 5.41) is 14.4. The number of aliphatic imine (C=N–C) groups is 1. The van der Waals surface area contributed by atoms with Crippen molar-refractivity contribution in [2.75, 3.05) is 20.2 Å². The van der Waals surface area contributed by atoms with Crippen LogP contribution in [0.2, 0.25) is 0 Å². The van der Waals surface area contributed by atoms with Gasteiger partial charge in [-0.1, -0.05) is 6.07 Å². The molecule has 3 rings (SSSR count). The molecule has 27 heavy (non-hydrogen) atoms. The van der Waals surface area contributed by atoms with Gasteiger partial charge in [0.2, 0.25) is 0 Å². The molecule has 7 nitrogen and oxygen atoms in total. The number of hydrogen-bond donors (Lipinski definition) is 2. The maximum atomic E-state index is 13.5. The Morgan fingerprint density at radius 1 is 1.19 bits per heavy atom. The normalized spacial score (nSPS) is 11.1. The zero-order valence-electron chi connectivity index (χ0n) is 14.5. The molecule has 0 fully saturated rings. The molecule has 0 spiro atoms. The molecule has 0 aliphatic rings. The zero-order chi connectivity index (χ0) is 18.4. The fourth-order valence-corrected chi connectivity index (χ4v) is 2.32. The van der Waals surface area contributed by atoms with Crippen molar-refractivity contribution >= 4 is 35.6 Å². The smallest absolute Gasteiger partial charge is 0.191 e. The van der Waals surface area contributed by atoms with E-state index >= 15 is 0 Å². The van der Waals surface area contributed by atoms with Gasteiger partial charge in [0, 0.05) is 19.3 Å². The van der Waals surface area contributed by atoms with Gasteiger partial charge in [-0.25, -0.2) is 8.78 Å². The average Bonchev–Trinajstić information content (AvgIpc) is 3.06. The van der Waals surface area contributed by atoms with Crippen LogP contribution in [0.5, 0.6) is 5.75 Å². The van der Waals surface area contributed by atoms with Crippen molar-refractivity contribution < 1.29 is 13.5 Å². The van der Waals surface area contributed by atoms with Crippen LogP contribution in [0.1, 0.15) is 5.82 Å². The minimum Gasteiger partial charge on any atom is -0.489 e. The standard InChI is InChI=1S/C17H18F2N6O.HI/c1-20-17(21-7-9-26-14-6-5-12(18)10-13(14)19)22-11-16-24-23-15-4-2-3-8-25(15)16;/h2-6,8,10H,7,9,11H2,1H3,(H2,20,21,22);1H. The molecule has 3 aromatic rings. The summed E-state index contributed by atoms with van der Waals surface area (Å²) in [4.78, 5) is 4.10. The van der Waals surface area contributed by atoms with E-state index in [0.717, 1.165) is 23.6 Å². The summed E-state index contributed by atoms with van der Waals surface area (Å²) < 4.78 is 33.5. The van der Waals surface area contributed by atoms with Crippen LogP contribution in [0, 0.1) is 11.6 Å². The van der Waals surface area contributed by atoms with E-state index in [2.05, 4.69) is 25.8 Å². The number of nitrogens with one attached hydrogen (secondary N) is 2. The van der Waals surface area contributed by atoms with Crippen LogP contribution >= 0.6 is 24.0 Å². The van der Waals surface area contributed by atoms with E-state index in [-0.39, 0.29) is 36.3 Å². The molecule has 144 valence electrons. The van der Waals surface area contributed by atoms with Crippen LogP contribution in [-0.2, 0) is 6.54 Å². The summed E-state index contributed by atoms with van der Waals surface area (Å²) in [7, 11) is 1.64. The van der Waals surface area contributed by atoms with E-state index < -0.39 is 11.6 Å². The lowest BCUT2D eigenvalue weighted by atomic mass is 10.3. The van der Waals surface area contributed by atoms with Crippen molar-refractivity contribution in [1.29, 1.82) is 0 Å². The molecule has 2 heterocycles. The van der Waals surface area contributed by atoms with Crippen molar-refractivity contribution in [3.63, 3.8) is 0 Å². The molecular weight excluding hydrogens is 469 g/mol. The third-order valence-corrected chi connectivity index (χ3v) is 3.57. The second-order valence-electron chi connectivity index (χ2n) is 5.32. The Balaban J connectivity index is 0.00000261. The fourth-order valence-electron chi connectivity index (χ4n) is 2.32. The minimum absolute atomic E-state index is 0. The monoisotopic (exact) mass is 488 g/mol. The molecule has 0 saturated carbocycles. The van der Waals surface area contributed by atoms with Crippen LogP contribution < -0.4 is 15.4 Å². The van der Waals surface area contributed by atoms with Gasteiger partial charge in [0.05, 0.1) is 13.1 Å². The van der Waals surface area contributed by atoms with Crippen LogP contribution in [0.15, 0.2) is 47.6 Å². The van der Waals surface area contributed by atoms with E-state index in [1.54, 1.807) is 7.05 Å². The Hall–Kier alpha value is -2.50. The summed E-state index contributed by atoms with van der Waals surface area (Å²) in [6, 6.07) is 8.86. The molecule has 10 heteroatoms. The predicted octanol–water partition coefficient (Wildman–Crippen LogP) is 2.37. The van der Waals surface area contributed by atoms with Gasteiger partial charge in [-0.05, 0) is 24.3 Å². The molecule has 0 amide bonds. The first-order chi connectivity index (χ1) is 12.7. The van der Waals surface area contributed by atoms with Gasteiger partial charge in [-0.2, -0.15) is 0 Å². The highest BCUT2D eigenvalue weighted by molar-refractivity contribution is 14.0.